The van der Waals surface area contributed by atoms with E-state index in [0.29, 0.717) is 13.1 Å². The van der Waals surface area contributed by atoms with E-state index in [2.05, 4.69) is 53.1 Å². The normalized spacial score (nSPS) is 12.7. The van der Waals surface area contributed by atoms with Gasteiger partial charge in [-0.05, 0) is 12.1 Å². The number of nitrogens with zero attached hydrogens (tertiary/aromatic N) is 2. The monoisotopic (exact) mass is 303 g/mol. The number of para-hydroxylation sites is 2. The molecular formula is C20H19N2O+. The Morgan fingerprint density at radius 2 is 1.35 bits per heavy atom. The third-order valence-corrected chi connectivity index (χ3v) is 4.27. The number of hydrogen-bond acceptors (Lipinski definition) is 1. The second kappa shape index (κ2) is 5.86. The van der Waals surface area contributed by atoms with Crippen molar-refractivity contribution in [1.82, 2.24) is 4.57 Å². The van der Waals surface area contributed by atoms with Crippen LogP contribution in [0.5, 0.6) is 0 Å². The average Bonchev–Trinajstić information content (AvgIpc) is 2.90. The molecule has 0 aliphatic rings. The molecule has 0 amide bonds. The highest BCUT2D eigenvalue weighted by Gasteiger charge is 2.15. The molecule has 0 spiro atoms. The van der Waals surface area contributed by atoms with Crippen LogP contribution in [-0.2, 0) is 13.1 Å². The molecule has 0 saturated heterocycles. The maximum atomic E-state index is 10.6. The molecule has 0 saturated carbocycles. The van der Waals surface area contributed by atoms with Crippen molar-refractivity contribution in [2.24, 2.45) is 0 Å². The zero-order valence-corrected chi connectivity index (χ0v) is 12.8. The van der Waals surface area contributed by atoms with Gasteiger partial charge in [0.15, 0.2) is 18.9 Å². The van der Waals surface area contributed by atoms with Crippen LogP contribution in [0.1, 0.15) is 0 Å². The van der Waals surface area contributed by atoms with E-state index in [1.807, 2.05) is 35.2 Å². The third-order valence-electron chi connectivity index (χ3n) is 4.27. The second-order valence-corrected chi connectivity index (χ2v) is 5.87. The van der Waals surface area contributed by atoms with Crippen molar-refractivity contribution in [3.05, 3.63) is 79.1 Å². The van der Waals surface area contributed by atoms with Crippen molar-refractivity contribution in [3.63, 3.8) is 0 Å². The van der Waals surface area contributed by atoms with Crippen molar-refractivity contribution < 1.29 is 9.67 Å². The molecule has 2 aromatic heterocycles. The van der Waals surface area contributed by atoms with Gasteiger partial charge < -0.3 is 9.67 Å². The lowest BCUT2D eigenvalue weighted by Crippen LogP contribution is -2.40. The Morgan fingerprint density at radius 3 is 1.96 bits per heavy atom. The van der Waals surface area contributed by atoms with Gasteiger partial charge in [-0.1, -0.05) is 42.5 Å². The number of rotatable bonds is 4. The zero-order chi connectivity index (χ0) is 15.6. The maximum Gasteiger partial charge on any atom is 0.175 e. The number of aromatic nitrogens is 2. The number of benzene rings is 2. The molecule has 3 heteroatoms. The van der Waals surface area contributed by atoms with Crippen LogP contribution in [-0.4, -0.2) is 15.8 Å². The summed E-state index contributed by atoms with van der Waals surface area (Å²) in [6, 6.07) is 22.7. The van der Waals surface area contributed by atoms with Gasteiger partial charge in [-0.3, -0.25) is 0 Å². The lowest BCUT2D eigenvalue weighted by molar-refractivity contribution is -0.703. The van der Waals surface area contributed by atoms with Gasteiger partial charge in [-0.2, -0.15) is 0 Å². The van der Waals surface area contributed by atoms with Crippen LogP contribution in [0.25, 0.3) is 21.8 Å². The Balaban J connectivity index is 1.72. The van der Waals surface area contributed by atoms with Crippen LogP contribution in [0.3, 0.4) is 0 Å². The molecule has 0 fully saturated rings. The summed E-state index contributed by atoms with van der Waals surface area (Å²) in [5.41, 5.74) is 2.34. The van der Waals surface area contributed by atoms with E-state index < -0.39 is 6.10 Å². The predicted octanol–water partition coefficient (Wildman–Crippen LogP) is 3.14. The highest BCUT2D eigenvalue weighted by molar-refractivity contribution is 6.07. The van der Waals surface area contributed by atoms with Gasteiger partial charge >= 0.3 is 0 Å². The molecule has 0 bridgehead atoms. The minimum atomic E-state index is -0.443. The molecule has 114 valence electrons. The van der Waals surface area contributed by atoms with E-state index in [1.54, 1.807) is 0 Å². The zero-order valence-electron chi connectivity index (χ0n) is 12.8. The third kappa shape index (κ3) is 2.60. The van der Waals surface area contributed by atoms with E-state index in [9.17, 15) is 5.11 Å². The lowest BCUT2D eigenvalue weighted by Gasteiger charge is -2.11. The summed E-state index contributed by atoms with van der Waals surface area (Å²) in [7, 11) is 0. The fourth-order valence-electron chi connectivity index (χ4n) is 3.27. The highest BCUT2D eigenvalue weighted by Crippen LogP contribution is 2.28. The van der Waals surface area contributed by atoms with Gasteiger partial charge in [0.25, 0.3) is 0 Å². The number of aliphatic hydroxyl groups excluding tert-OH is 1. The molecule has 0 radical (unpaired) electrons. The first kappa shape index (κ1) is 14.0. The fourth-order valence-corrected chi connectivity index (χ4v) is 3.27. The second-order valence-electron chi connectivity index (χ2n) is 5.87. The first-order valence-electron chi connectivity index (χ1n) is 7.91. The Kier molecular flexibility index (Phi) is 3.56. The topological polar surface area (TPSA) is 29.0 Å². The molecule has 1 N–H and O–H groups in total. The van der Waals surface area contributed by atoms with Gasteiger partial charge in [-0.25, -0.2) is 4.57 Å². The molecule has 0 aliphatic carbocycles. The quantitative estimate of drug-likeness (QED) is 0.577. The molecule has 3 nitrogen and oxygen atoms in total. The molecule has 4 aromatic rings. The molecule has 0 unspecified atom stereocenters. The van der Waals surface area contributed by atoms with Crippen molar-refractivity contribution >= 4 is 21.8 Å². The Morgan fingerprint density at radius 1 is 0.783 bits per heavy atom. The standard InChI is InChI=1S/C20H19N2O/c23-16(14-21-12-6-1-7-13-21)15-22-19-10-4-2-8-17(19)18-9-3-5-11-20(18)22/h1-13,16,23H,14-15H2/q+1/t16-/m0/s1. The summed E-state index contributed by atoms with van der Waals surface area (Å²) in [6.07, 6.45) is 3.52. The van der Waals surface area contributed by atoms with Gasteiger partial charge in [0.1, 0.15) is 6.10 Å². The molecular weight excluding hydrogens is 284 g/mol. The van der Waals surface area contributed by atoms with Crippen LogP contribution in [0.4, 0.5) is 0 Å². The van der Waals surface area contributed by atoms with Gasteiger partial charge in [0.05, 0.1) is 6.54 Å². The molecule has 23 heavy (non-hydrogen) atoms. The largest absolute Gasteiger partial charge is 0.385 e. The van der Waals surface area contributed by atoms with Gasteiger partial charge in [0.2, 0.25) is 0 Å². The Bertz CT molecular complexity index is 890. The van der Waals surface area contributed by atoms with E-state index >= 15 is 0 Å². The number of fused-ring (bicyclic) bond motifs is 3. The maximum absolute atomic E-state index is 10.6. The van der Waals surface area contributed by atoms with Crippen LogP contribution in [0.2, 0.25) is 0 Å². The van der Waals surface area contributed by atoms with Crippen molar-refractivity contribution in [1.29, 1.82) is 0 Å². The van der Waals surface area contributed by atoms with E-state index in [-0.39, 0.29) is 0 Å². The highest BCUT2D eigenvalue weighted by atomic mass is 16.3. The lowest BCUT2D eigenvalue weighted by atomic mass is 10.2. The first-order valence-corrected chi connectivity index (χ1v) is 7.91. The minimum Gasteiger partial charge on any atom is -0.385 e. The SMILES string of the molecule is O[C@H](Cn1c2ccccc2c2ccccc21)C[n+]1ccccc1. The van der Waals surface area contributed by atoms with E-state index in [1.165, 1.54) is 21.8 Å². The van der Waals surface area contributed by atoms with E-state index in [4.69, 9.17) is 0 Å². The summed E-state index contributed by atoms with van der Waals surface area (Å²) in [6.45, 7) is 1.16. The number of hydrogen-bond donors (Lipinski definition) is 1. The number of aliphatic hydroxyl groups is 1. The summed E-state index contributed by atoms with van der Waals surface area (Å²) >= 11 is 0. The van der Waals surface area contributed by atoms with Gasteiger partial charge in [0, 0.05) is 33.9 Å². The van der Waals surface area contributed by atoms with Crippen LogP contribution in [0, 0.1) is 0 Å². The fraction of sp³-hybridized carbons (Fsp3) is 0.150. The minimum absolute atomic E-state index is 0.443. The smallest absolute Gasteiger partial charge is 0.175 e. The summed E-state index contributed by atoms with van der Waals surface area (Å²) in [4.78, 5) is 0. The molecule has 0 aliphatic heterocycles. The Labute approximate surface area is 135 Å². The first-order chi connectivity index (χ1) is 11.3. The van der Waals surface area contributed by atoms with E-state index in [0.717, 1.165) is 0 Å². The Hall–Kier alpha value is -2.65. The van der Waals surface area contributed by atoms with Crippen LogP contribution >= 0.6 is 0 Å². The summed E-state index contributed by atoms with van der Waals surface area (Å²) < 4.78 is 4.23. The van der Waals surface area contributed by atoms with Crippen molar-refractivity contribution in [2.75, 3.05) is 0 Å². The average molecular weight is 303 g/mol. The van der Waals surface area contributed by atoms with Crippen molar-refractivity contribution in [3.8, 4) is 0 Å². The van der Waals surface area contributed by atoms with Crippen LogP contribution < -0.4 is 4.57 Å². The molecule has 4 rings (SSSR count). The molecule has 2 aromatic carbocycles. The molecule has 1 atom stereocenters. The van der Waals surface area contributed by atoms with Crippen molar-refractivity contribution in [2.45, 2.75) is 19.2 Å². The summed E-state index contributed by atoms with van der Waals surface area (Å²) in [5, 5.41) is 13.0. The predicted molar refractivity (Wildman–Crippen MR) is 92.1 cm³/mol. The molecule has 2 heterocycles. The summed E-state index contributed by atoms with van der Waals surface area (Å²) in [5.74, 6) is 0. The van der Waals surface area contributed by atoms with Gasteiger partial charge in [-0.15, -0.1) is 0 Å². The number of pyridine rings is 1. The van der Waals surface area contributed by atoms with Crippen LogP contribution in [0.15, 0.2) is 79.1 Å².